The zero-order valence-electron chi connectivity index (χ0n) is 19.7. The number of anilines is 1. The van der Waals surface area contributed by atoms with Gasteiger partial charge in [-0.1, -0.05) is 11.6 Å². The van der Waals surface area contributed by atoms with Crippen molar-refractivity contribution in [1.82, 2.24) is 30.0 Å². The average Bonchev–Trinajstić information content (AvgIpc) is 3.26. The Balaban J connectivity index is 1.32. The van der Waals surface area contributed by atoms with Crippen molar-refractivity contribution in [2.45, 2.75) is 25.2 Å². The fraction of sp³-hybridized carbons (Fsp3) is 0.391. The first-order valence-corrected chi connectivity index (χ1v) is 11.9. The number of amides is 2. The first kappa shape index (κ1) is 26.1. The van der Waals surface area contributed by atoms with Crippen LogP contribution in [-0.4, -0.2) is 56.7 Å². The number of benzene rings is 1. The number of aromatic nitrogens is 4. The Kier molecular flexibility index (Phi) is 6.63. The van der Waals surface area contributed by atoms with E-state index < -0.39 is 36.3 Å². The summed E-state index contributed by atoms with van der Waals surface area (Å²) in [6.07, 6.45) is -5.97. The quantitative estimate of drug-likeness (QED) is 0.386. The molecule has 202 valence electrons. The Morgan fingerprint density at radius 3 is 2.55 bits per heavy atom. The smallest absolute Gasteiger partial charge is 0.349 e. The van der Waals surface area contributed by atoms with Crippen molar-refractivity contribution >= 4 is 29.1 Å². The van der Waals surface area contributed by atoms with Gasteiger partial charge in [0.1, 0.15) is 6.54 Å². The zero-order valence-corrected chi connectivity index (χ0v) is 20.4. The van der Waals surface area contributed by atoms with Gasteiger partial charge in [-0.3, -0.25) is 14.3 Å². The van der Waals surface area contributed by atoms with Crippen LogP contribution in [-0.2, 0) is 19.8 Å². The number of fused-ring (bicyclic) bond motifs is 1. The van der Waals surface area contributed by atoms with Crippen LogP contribution in [0.25, 0.3) is 11.3 Å². The molecule has 3 aromatic rings. The fourth-order valence-electron chi connectivity index (χ4n) is 4.75. The molecule has 1 saturated heterocycles. The Morgan fingerprint density at radius 2 is 1.92 bits per heavy atom. The van der Waals surface area contributed by atoms with E-state index in [1.165, 1.54) is 25.2 Å². The summed E-state index contributed by atoms with van der Waals surface area (Å²) >= 11 is 6.28. The van der Waals surface area contributed by atoms with Crippen molar-refractivity contribution in [3.63, 3.8) is 0 Å². The normalized spacial score (nSPS) is 20.5. The van der Waals surface area contributed by atoms with Gasteiger partial charge in [0.05, 0.1) is 28.0 Å². The van der Waals surface area contributed by atoms with E-state index >= 15 is 0 Å². The van der Waals surface area contributed by atoms with Crippen molar-refractivity contribution in [2.75, 3.05) is 18.4 Å². The average molecular weight is 558 g/mol. The SMILES string of the molecule is Cn1c(-c2cn(CC(F)F)nc2C(F)(F)F)cnc1C(=O)Nc1ccc(C(=O)NC2[C@H]3CNC[C@@H]23)c(Cl)c1. The molecule has 0 bridgehead atoms. The second-order valence-electron chi connectivity index (χ2n) is 9.16. The number of nitrogens with one attached hydrogen (secondary N) is 3. The Bertz CT molecular complexity index is 1390. The lowest BCUT2D eigenvalue weighted by molar-refractivity contribution is -0.141. The maximum Gasteiger partial charge on any atom is 0.435 e. The lowest BCUT2D eigenvalue weighted by Gasteiger charge is -2.11. The second kappa shape index (κ2) is 9.66. The van der Waals surface area contributed by atoms with Crippen LogP contribution in [0.2, 0.25) is 5.02 Å². The number of imidazole rings is 1. The van der Waals surface area contributed by atoms with Crippen molar-refractivity contribution in [1.29, 1.82) is 0 Å². The molecule has 1 saturated carbocycles. The maximum absolute atomic E-state index is 13.5. The molecule has 0 radical (unpaired) electrons. The molecule has 3 N–H and O–H groups in total. The third kappa shape index (κ3) is 4.97. The summed E-state index contributed by atoms with van der Waals surface area (Å²) < 4.78 is 67.6. The van der Waals surface area contributed by atoms with Gasteiger partial charge >= 0.3 is 6.18 Å². The number of hydrogen-bond donors (Lipinski definition) is 3. The maximum atomic E-state index is 13.5. The van der Waals surface area contributed by atoms with E-state index in [0.29, 0.717) is 16.5 Å². The summed E-state index contributed by atoms with van der Waals surface area (Å²) in [6, 6.07) is 4.41. The predicted octanol–water partition coefficient (Wildman–Crippen LogP) is 3.42. The lowest BCUT2D eigenvalue weighted by atomic mass is 10.2. The molecular formula is C23H21ClF5N7O2. The van der Waals surface area contributed by atoms with Gasteiger partial charge in [-0.05, 0) is 30.0 Å². The number of halogens is 6. The summed E-state index contributed by atoms with van der Waals surface area (Å²) in [7, 11) is 1.31. The van der Waals surface area contributed by atoms with Crippen LogP contribution < -0.4 is 16.0 Å². The topological polar surface area (TPSA) is 106 Å². The molecule has 15 heteroatoms. The molecule has 2 aromatic heterocycles. The second-order valence-corrected chi connectivity index (χ2v) is 9.57. The lowest BCUT2D eigenvalue weighted by Crippen LogP contribution is -2.32. The van der Waals surface area contributed by atoms with Crippen LogP contribution in [0.15, 0.2) is 30.6 Å². The van der Waals surface area contributed by atoms with Gasteiger partial charge in [0.15, 0.2) is 11.5 Å². The number of carbonyl (C=O) groups is 2. The summed E-state index contributed by atoms with van der Waals surface area (Å²) in [5, 5.41) is 12.1. The first-order chi connectivity index (χ1) is 17.9. The van der Waals surface area contributed by atoms with Crippen LogP contribution in [0.3, 0.4) is 0 Å². The number of nitrogens with zero attached hydrogens (tertiary/aromatic N) is 4. The van der Waals surface area contributed by atoms with Gasteiger partial charge in [0, 0.05) is 38.1 Å². The molecule has 2 fully saturated rings. The number of piperidine rings is 1. The van der Waals surface area contributed by atoms with Gasteiger partial charge in [-0.2, -0.15) is 18.3 Å². The van der Waals surface area contributed by atoms with Crippen LogP contribution in [0.5, 0.6) is 0 Å². The Morgan fingerprint density at radius 1 is 1.21 bits per heavy atom. The number of carbonyl (C=O) groups excluding carboxylic acids is 2. The van der Waals surface area contributed by atoms with Gasteiger partial charge in [-0.15, -0.1) is 0 Å². The van der Waals surface area contributed by atoms with Crippen molar-refractivity contribution in [3.05, 3.63) is 52.7 Å². The highest BCUT2D eigenvalue weighted by Crippen LogP contribution is 2.42. The fourth-order valence-corrected chi connectivity index (χ4v) is 5.02. The molecule has 0 spiro atoms. The highest BCUT2D eigenvalue weighted by molar-refractivity contribution is 6.34. The molecule has 1 aromatic carbocycles. The number of alkyl halides is 5. The highest BCUT2D eigenvalue weighted by atomic mass is 35.5. The largest absolute Gasteiger partial charge is 0.435 e. The van der Waals surface area contributed by atoms with Crippen LogP contribution in [0.1, 0.15) is 26.7 Å². The molecule has 1 aliphatic carbocycles. The highest BCUT2D eigenvalue weighted by Gasteiger charge is 2.53. The summed E-state index contributed by atoms with van der Waals surface area (Å²) in [5.74, 6) is -0.496. The third-order valence-electron chi connectivity index (χ3n) is 6.68. The van der Waals surface area contributed by atoms with Gasteiger partial charge in [0.25, 0.3) is 18.2 Å². The molecule has 1 aliphatic heterocycles. The van der Waals surface area contributed by atoms with E-state index in [4.69, 9.17) is 11.6 Å². The van der Waals surface area contributed by atoms with Crippen LogP contribution in [0, 0.1) is 11.8 Å². The van der Waals surface area contributed by atoms with Crippen LogP contribution >= 0.6 is 11.6 Å². The Hall–Kier alpha value is -3.52. The third-order valence-corrected chi connectivity index (χ3v) is 7.00. The van der Waals surface area contributed by atoms with Crippen LogP contribution in [0.4, 0.5) is 27.6 Å². The van der Waals surface area contributed by atoms with Gasteiger partial charge < -0.3 is 20.5 Å². The minimum Gasteiger partial charge on any atom is -0.349 e. The Labute approximate surface area is 217 Å². The minimum absolute atomic E-state index is 0.103. The number of hydrogen-bond acceptors (Lipinski definition) is 5. The van der Waals surface area contributed by atoms with Crippen molar-refractivity contribution < 1.29 is 31.5 Å². The molecule has 3 atom stereocenters. The van der Waals surface area contributed by atoms with E-state index in [9.17, 15) is 31.5 Å². The zero-order chi connectivity index (χ0) is 27.4. The molecular weight excluding hydrogens is 537 g/mol. The molecule has 1 unspecified atom stereocenters. The van der Waals surface area contributed by atoms with Gasteiger partial charge in [0.2, 0.25) is 0 Å². The van der Waals surface area contributed by atoms with Crippen molar-refractivity contribution in [2.24, 2.45) is 18.9 Å². The monoisotopic (exact) mass is 557 g/mol. The molecule has 2 amide bonds. The minimum atomic E-state index is -4.92. The standard InChI is InChI=1S/C23H21ClF5N7O2/c1-35-16(14-8-36(9-17(25)26)34-19(14)23(27,28)29)7-31-20(35)22(38)32-10-2-3-11(15(24)4-10)21(37)33-18-12-5-30-6-13(12)18/h2-4,7-8,12-13,17-18,30H,5-6,9H2,1H3,(H,32,38)(H,33,37)/t12-,13+,18?. The number of rotatable bonds is 7. The first-order valence-electron chi connectivity index (χ1n) is 11.5. The van der Waals surface area contributed by atoms with E-state index in [1.54, 1.807) is 0 Å². The van der Waals surface area contributed by atoms with E-state index in [1.807, 2.05) is 0 Å². The van der Waals surface area contributed by atoms with E-state index in [0.717, 1.165) is 30.1 Å². The molecule has 5 rings (SSSR count). The summed E-state index contributed by atoms with van der Waals surface area (Å²) in [5.41, 5.74) is -1.55. The van der Waals surface area contributed by atoms with E-state index in [2.05, 4.69) is 26.0 Å². The van der Waals surface area contributed by atoms with Gasteiger partial charge in [-0.25, -0.2) is 13.8 Å². The molecule has 3 heterocycles. The summed E-state index contributed by atoms with van der Waals surface area (Å²) in [4.78, 5) is 29.4. The molecule has 2 aliphatic rings. The summed E-state index contributed by atoms with van der Waals surface area (Å²) in [6.45, 7) is 0.694. The molecule has 38 heavy (non-hydrogen) atoms. The predicted molar refractivity (Wildman–Crippen MR) is 126 cm³/mol. The van der Waals surface area contributed by atoms with E-state index in [-0.39, 0.29) is 39.7 Å². The molecule has 9 nitrogen and oxygen atoms in total. The van der Waals surface area contributed by atoms with Crippen molar-refractivity contribution in [3.8, 4) is 11.3 Å².